The molecule has 0 aliphatic carbocycles. The Balaban J connectivity index is 1.36. The summed E-state index contributed by atoms with van der Waals surface area (Å²) in [7, 11) is -28.2. The Morgan fingerprint density at radius 3 is 1.01 bits per heavy atom. The second-order valence-corrected chi connectivity index (χ2v) is 24.0. The van der Waals surface area contributed by atoms with Crippen LogP contribution in [-0.2, 0) is 70.3 Å². The Morgan fingerprint density at radius 2 is 0.731 bits per heavy atom. The first-order valence-electron chi connectivity index (χ1n) is 20.4. The summed E-state index contributed by atoms with van der Waals surface area (Å²) in [5, 5.41) is 28.6. The predicted molar refractivity (Wildman–Crippen MR) is 268 cm³/mol. The van der Waals surface area contributed by atoms with Gasteiger partial charge in [-0.05, 0) is 71.8 Å². The van der Waals surface area contributed by atoms with E-state index in [9.17, 15) is 97.6 Å². The minimum Gasteiger partial charge on any atom is -0.480 e. The van der Waals surface area contributed by atoms with Crippen LogP contribution in [0.2, 0.25) is 0 Å². The maximum Gasteiger partial charge on any atom is 0.323 e. The first-order valence-corrected chi connectivity index (χ1v) is 29.0. The molecular weight excluding hydrogens is 1170 g/mol. The predicted octanol–water partition coefficient (Wildman–Crippen LogP) is 1.72. The molecule has 78 heavy (non-hydrogen) atoms. The standard InChI is InChI=1S/C38H36N12O22S6/c1-49(17-31(51)52)37-45-33(43-35(47-37)41-25-15-23(73(55,56)57)9-11-27(25)75(61,62)63)39-21-7-5-19(29(13-21)77(67,68)69)3-4-20-6-8-22(14-30(20)78(70,71)72)40-34-44-36(48-38(46-34)50(2)18-32(53)54)42-26-16-24(74(58,59)60)10-12-28(26)76(64,65)66/h3-16H,17-18H2,1-2H3,(H,51,52)(H,53,54)(H,55,56,57)(H,58,59,60)(H,61,62,63)(H,64,65,66)(H,67,68,69)(H,70,71,72)(H2,39,41,43,45,47)(H2,40,42,44,46,48). The largest absolute Gasteiger partial charge is 0.480 e. The molecule has 0 saturated heterocycles. The molecule has 0 aliphatic heterocycles. The average Bonchev–Trinajstić information content (AvgIpc) is 3.30. The van der Waals surface area contributed by atoms with Crippen molar-refractivity contribution in [3.8, 4) is 0 Å². The number of aliphatic carboxylic acids is 2. The number of likely N-dealkylation sites (N-methyl/N-ethyl adjacent to an activating group) is 2. The van der Waals surface area contributed by atoms with Crippen molar-refractivity contribution in [1.82, 2.24) is 29.9 Å². The van der Waals surface area contributed by atoms with Gasteiger partial charge in [-0.25, -0.2) is 0 Å². The number of nitrogens with one attached hydrogen (secondary N) is 4. The zero-order valence-electron chi connectivity index (χ0n) is 38.8. The van der Waals surface area contributed by atoms with Crippen molar-refractivity contribution in [3.05, 3.63) is 83.9 Å². The number of nitrogens with zero attached hydrogens (tertiary/aromatic N) is 8. The number of rotatable bonds is 22. The molecule has 0 fully saturated rings. The fourth-order valence-corrected chi connectivity index (χ4v) is 10.1. The van der Waals surface area contributed by atoms with Crippen molar-refractivity contribution < 1.29 is 97.6 Å². The lowest BCUT2D eigenvalue weighted by molar-refractivity contribution is -0.136. The van der Waals surface area contributed by atoms with Gasteiger partial charge in [0.05, 0.1) is 21.2 Å². The smallest absolute Gasteiger partial charge is 0.323 e. The number of hydrogen-bond acceptors (Lipinski definition) is 26. The first-order chi connectivity index (χ1) is 35.8. The highest BCUT2D eigenvalue weighted by Crippen LogP contribution is 2.32. The molecule has 0 atom stereocenters. The molecule has 0 bridgehead atoms. The topological polar surface area (TPSA) is 533 Å². The number of carbonyl (C=O) groups is 2. The van der Waals surface area contributed by atoms with Crippen LogP contribution in [0.4, 0.5) is 58.4 Å². The van der Waals surface area contributed by atoms with Gasteiger partial charge in [0.1, 0.15) is 32.7 Å². The molecule has 2 aromatic heterocycles. The van der Waals surface area contributed by atoms with E-state index in [2.05, 4.69) is 51.2 Å². The normalized spacial score (nSPS) is 12.5. The number of carboxylic acids is 2. The van der Waals surface area contributed by atoms with Crippen LogP contribution in [0.25, 0.3) is 12.2 Å². The fourth-order valence-electron chi connectivity index (χ4n) is 6.45. The van der Waals surface area contributed by atoms with Gasteiger partial charge in [-0.3, -0.25) is 36.9 Å². The fraction of sp³-hybridized carbons (Fsp3) is 0.105. The van der Waals surface area contributed by atoms with Crippen molar-refractivity contribution in [3.63, 3.8) is 0 Å². The molecule has 0 unspecified atom stereocenters. The quantitative estimate of drug-likeness (QED) is 0.0340. The third kappa shape index (κ3) is 15.3. The van der Waals surface area contributed by atoms with Gasteiger partial charge in [0, 0.05) is 25.5 Å². The summed E-state index contributed by atoms with van der Waals surface area (Å²) in [5.41, 5.74) is -2.62. The molecule has 0 spiro atoms. The lowest BCUT2D eigenvalue weighted by Gasteiger charge is -2.18. The van der Waals surface area contributed by atoms with E-state index < -0.39 is 162 Å². The van der Waals surface area contributed by atoms with Crippen LogP contribution in [0.1, 0.15) is 11.1 Å². The minimum absolute atomic E-state index is 0.246. The van der Waals surface area contributed by atoms with Crippen LogP contribution in [0.5, 0.6) is 0 Å². The summed E-state index contributed by atoms with van der Waals surface area (Å²) < 4.78 is 206. The minimum atomic E-state index is -5.21. The van der Waals surface area contributed by atoms with E-state index in [4.69, 9.17) is 0 Å². The van der Waals surface area contributed by atoms with Gasteiger partial charge in [0.15, 0.2) is 0 Å². The molecule has 4 aromatic carbocycles. The lowest BCUT2D eigenvalue weighted by atomic mass is 10.1. The highest BCUT2D eigenvalue weighted by Gasteiger charge is 2.25. The number of aromatic nitrogens is 6. The van der Waals surface area contributed by atoms with E-state index in [1.807, 2.05) is 0 Å². The van der Waals surface area contributed by atoms with Crippen molar-refractivity contribution in [2.24, 2.45) is 0 Å². The van der Waals surface area contributed by atoms with E-state index in [1.165, 1.54) is 14.1 Å². The SMILES string of the molecule is CN(CC(=O)O)c1nc(Nc2ccc(C=Cc3ccc(Nc4nc(Nc5cc(S(=O)(=O)O)ccc5S(=O)(=O)O)nc(N(C)CC(=O)O)n4)cc3S(=O)(=O)O)c(S(=O)(=O)O)c2)nc(Nc2cc(S(=O)(=O)O)ccc2S(=O)(=O)O)n1. The maximum absolute atomic E-state index is 12.8. The summed E-state index contributed by atoms with van der Waals surface area (Å²) >= 11 is 0. The molecule has 0 radical (unpaired) electrons. The maximum atomic E-state index is 12.8. The molecule has 2 heterocycles. The highest BCUT2D eigenvalue weighted by atomic mass is 32.2. The van der Waals surface area contributed by atoms with E-state index >= 15 is 0 Å². The highest BCUT2D eigenvalue weighted by molar-refractivity contribution is 7.87. The third-order valence-electron chi connectivity index (χ3n) is 9.76. The lowest BCUT2D eigenvalue weighted by Crippen LogP contribution is -2.27. The zero-order chi connectivity index (χ0) is 58.1. The van der Waals surface area contributed by atoms with Crippen molar-refractivity contribution in [2.75, 3.05) is 58.3 Å². The number of carboxylic acid groups (broad SMARTS) is 2. The van der Waals surface area contributed by atoms with Crippen LogP contribution in [0, 0.1) is 0 Å². The van der Waals surface area contributed by atoms with Crippen LogP contribution < -0.4 is 31.1 Å². The molecule has 34 nitrogen and oxygen atoms in total. The number of anilines is 10. The number of hydrogen-bond donors (Lipinski definition) is 12. The Kier molecular flexibility index (Phi) is 16.7. The summed E-state index contributed by atoms with van der Waals surface area (Å²) in [5.74, 6) is -6.17. The van der Waals surface area contributed by atoms with Gasteiger partial charge in [0.25, 0.3) is 60.7 Å². The van der Waals surface area contributed by atoms with Crippen molar-refractivity contribution in [1.29, 1.82) is 0 Å². The Morgan fingerprint density at radius 1 is 0.423 bits per heavy atom. The zero-order valence-corrected chi connectivity index (χ0v) is 43.7. The Labute approximate surface area is 440 Å². The second-order valence-electron chi connectivity index (χ2n) is 15.6. The van der Waals surface area contributed by atoms with Gasteiger partial charge in [-0.2, -0.15) is 80.4 Å². The summed E-state index contributed by atoms with van der Waals surface area (Å²) in [6.07, 6.45) is 1.96. The molecule has 0 aliphatic rings. The molecule has 12 N–H and O–H groups in total. The van der Waals surface area contributed by atoms with Gasteiger partial charge in [-0.15, -0.1) is 0 Å². The average molecular weight is 1210 g/mol. The third-order valence-corrected chi connectivity index (χ3v) is 15.1. The molecular formula is C38H36N12O22S6. The van der Waals surface area contributed by atoms with Gasteiger partial charge in [0.2, 0.25) is 35.7 Å². The van der Waals surface area contributed by atoms with Crippen LogP contribution >= 0.6 is 0 Å². The molecule has 0 saturated carbocycles. The van der Waals surface area contributed by atoms with Gasteiger partial charge in [-0.1, -0.05) is 24.3 Å². The molecule has 6 aromatic rings. The monoisotopic (exact) mass is 1200 g/mol. The van der Waals surface area contributed by atoms with Crippen molar-refractivity contribution >= 4 is 143 Å². The van der Waals surface area contributed by atoms with E-state index in [0.29, 0.717) is 36.4 Å². The molecule has 6 rings (SSSR count). The van der Waals surface area contributed by atoms with Crippen LogP contribution in [0.15, 0.2) is 102 Å². The van der Waals surface area contributed by atoms with Gasteiger partial charge < -0.3 is 41.3 Å². The second kappa shape index (κ2) is 22.1. The summed E-state index contributed by atoms with van der Waals surface area (Å²) in [4.78, 5) is 43.7. The summed E-state index contributed by atoms with van der Waals surface area (Å²) in [6.45, 7) is -1.52. The van der Waals surface area contributed by atoms with E-state index in [1.54, 1.807) is 0 Å². The molecule has 0 amide bonds. The van der Waals surface area contributed by atoms with Crippen LogP contribution in [-0.4, -0.2) is 157 Å². The van der Waals surface area contributed by atoms with E-state index in [-0.39, 0.29) is 22.5 Å². The Bertz CT molecular complexity index is 3910. The first kappa shape index (κ1) is 59.1. The van der Waals surface area contributed by atoms with Crippen molar-refractivity contribution in [2.45, 2.75) is 29.4 Å². The van der Waals surface area contributed by atoms with Gasteiger partial charge >= 0.3 is 11.9 Å². The molecule has 416 valence electrons. The number of benzene rings is 4. The Hall–Kier alpha value is -8.16. The molecule has 40 heteroatoms. The van der Waals surface area contributed by atoms with Crippen LogP contribution in [0.3, 0.4) is 0 Å². The van der Waals surface area contributed by atoms with E-state index in [0.717, 1.165) is 58.4 Å². The summed E-state index contributed by atoms with van der Waals surface area (Å²) in [6, 6.07) is 9.72.